The number of nitrogens with one attached hydrogen (secondary N) is 2. The summed E-state index contributed by atoms with van der Waals surface area (Å²) in [6.07, 6.45) is -4.97. The maximum Gasteiger partial charge on any atom is 0.432 e. The van der Waals surface area contributed by atoms with Gasteiger partial charge in [-0.1, -0.05) is 9.98 Å². The van der Waals surface area contributed by atoms with Gasteiger partial charge in [0.1, 0.15) is 18.1 Å². The lowest BCUT2D eigenvalue weighted by molar-refractivity contribution is -0.366. The minimum absolute atomic E-state index is 0.0595. The number of rotatable bonds is 4. The van der Waals surface area contributed by atoms with Crippen LogP contribution in [0.2, 0.25) is 0 Å². The third kappa shape index (κ3) is 5.10. The van der Waals surface area contributed by atoms with E-state index < -0.39 is 34.9 Å². The minimum atomic E-state index is -5.00. The smallest absolute Gasteiger partial charge is 0.390 e. The zero-order valence-electron chi connectivity index (χ0n) is 16.3. The minimum Gasteiger partial charge on any atom is -0.390 e. The summed E-state index contributed by atoms with van der Waals surface area (Å²) in [7, 11) is 0. The molecule has 32 heavy (non-hydrogen) atoms. The van der Waals surface area contributed by atoms with Gasteiger partial charge in [0, 0.05) is 17.6 Å². The Balaban J connectivity index is 2.11. The van der Waals surface area contributed by atoms with Crippen LogP contribution in [-0.2, 0) is 12.4 Å². The summed E-state index contributed by atoms with van der Waals surface area (Å²) in [6.45, 7) is 1.54. The Hall–Kier alpha value is -3.77. The third-order valence-electron chi connectivity index (χ3n) is 4.27. The van der Waals surface area contributed by atoms with E-state index in [9.17, 15) is 26.3 Å². The van der Waals surface area contributed by atoms with Gasteiger partial charge in [0.2, 0.25) is 5.84 Å². The Morgan fingerprint density at radius 3 is 2.44 bits per heavy atom. The van der Waals surface area contributed by atoms with Crippen LogP contribution in [-0.4, -0.2) is 28.2 Å². The van der Waals surface area contributed by atoms with E-state index >= 15 is 0 Å². The van der Waals surface area contributed by atoms with Gasteiger partial charge in [-0.15, -0.1) is 0 Å². The first-order valence-corrected chi connectivity index (χ1v) is 9.00. The lowest BCUT2D eigenvalue weighted by Gasteiger charge is -2.18. The van der Waals surface area contributed by atoms with Crippen molar-refractivity contribution < 1.29 is 31.3 Å². The molecule has 0 saturated heterocycles. The predicted molar refractivity (Wildman–Crippen MR) is 105 cm³/mol. The summed E-state index contributed by atoms with van der Waals surface area (Å²) in [4.78, 5) is 18.7. The van der Waals surface area contributed by atoms with Gasteiger partial charge in [-0.2, -0.15) is 26.3 Å². The summed E-state index contributed by atoms with van der Waals surface area (Å²) >= 11 is 0. The largest absolute Gasteiger partial charge is 0.432 e. The molecular weight excluding hydrogens is 440 g/mol. The first-order chi connectivity index (χ1) is 15.0. The van der Waals surface area contributed by atoms with Crippen LogP contribution in [0.25, 0.3) is 10.8 Å². The molecule has 1 unspecified atom stereocenters. The zero-order valence-corrected chi connectivity index (χ0v) is 16.3. The van der Waals surface area contributed by atoms with E-state index in [4.69, 9.17) is 5.73 Å². The summed E-state index contributed by atoms with van der Waals surface area (Å²) in [6, 6.07) is 2.50. The zero-order chi connectivity index (χ0) is 23.5. The number of amidine groups is 1. The molecule has 7 nitrogen and oxygen atoms in total. The first-order valence-electron chi connectivity index (χ1n) is 9.00. The van der Waals surface area contributed by atoms with Crippen molar-refractivity contribution in [3.05, 3.63) is 54.0 Å². The van der Waals surface area contributed by atoms with Crippen LogP contribution in [0.3, 0.4) is 0 Å². The molecule has 0 amide bonds. The maximum absolute atomic E-state index is 13.5. The number of hydrogen-bond acceptors (Lipinski definition) is 4. The van der Waals surface area contributed by atoms with Crippen LogP contribution in [0, 0.1) is 0 Å². The van der Waals surface area contributed by atoms with Crippen molar-refractivity contribution in [3.8, 4) is 0 Å². The van der Waals surface area contributed by atoms with Crippen molar-refractivity contribution in [2.45, 2.75) is 25.3 Å². The van der Waals surface area contributed by atoms with E-state index in [-0.39, 0.29) is 29.1 Å². The van der Waals surface area contributed by atoms with E-state index in [1.807, 2.05) is 0 Å². The van der Waals surface area contributed by atoms with Crippen molar-refractivity contribution in [2.75, 3.05) is 5.32 Å². The Kier molecular flexibility index (Phi) is 6.27. The molecule has 2 aromatic heterocycles. The summed E-state index contributed by atoms with van der Waals surface area (Å²) in [5.74, 6) is 0.00661. The molecule has 0 saturated carbocycles. The molecule has 1 atom stereocenters. The van der Waals surface area contributed by atoms with Gasteiger partial charge in [0.15, 0.2) is 0 Å². The number of anilines is 1. The number of aliphatic imine (C=N–C) groups is 2. The standard InChI is InChI=1S/C19H15F6N7/c1-10(15(30-9-26)32-17-28-4-2-5-29-17)31-16-13-7-11(18(20,21)22)8-14(19(23,24)25)12(13)3-6-27-16/h2-10H,1H3,(H,27,31)(H2,26,28,29,30,32)/p+1. The molecule has 168 valence electrons. The molecule has 2 heterocycles. The normalized spacial score (nSPS) is 14.2. The van der Waals surface area contributed by atoms with E-state index in [0.29, 0.717) is 6.07 Å². The lowest BCUT2D eigenvalue weighted by Crippen LogP contribution is -2.26. The van der Waals surface area contributed by atoms with Crippen LogP contribution < -0.4 is 16.0 Å². The Labute approximate surface area is 177 Å². The second-order valence-electron chi connectivity index (χ2n) is 6.49. The molecule has 0 aliphatic heterocycles. The van der Waals surface area contributed by atoms with E-state index in [2.05, 4.69) is 30.3 Å². The number of halogens is 6. The molecule has 13 heteroatoms. The number of pyridine rings is 1. The number of nitrogens with two attached hydrogens (primary N) is 1. The van der Waals surface area contributed by atoms with Gasteiger partial charge >= 0.3 is 18.3 Å². The molecule has 0 bridgehead atoms. The highest BCUT2D eigenvalue weighted by Crippen LogP contribution is 2.41. The van der Waals surface area contributed by atoms with Crippen LogP contribution in [0.5, 0.6) is 0 Å². The Morgan fingerprint density at radius 1 is 1.09 bits per heavy atom. The highest BCUT2D eigenvalue weighted by molar-refractivity contribution is 5.99. The van der Waals surface area contributed by atoms with Crippen molar-refractivity contribution >= 4 is 34.7 Å². The van der Waals surface area contributed by atoms with Crippen molar-refractivity contribution in [2.24, 2.45) is 15.7 Å². The lowest BCUT2D eigenvalue weighted by atomic mass is 10.0. The van der Waals surface area contributed by atoms with Crippen LogP contribution in [0.1, 0.15) is 18.1 Å². The number of alkyl halides is 6. The molecule has 0 radical (unpaired) electrons. The number of benzene rings is 1. The van der Waals surface area contributed by atoms with Crippen molar-refractivity contribution in [3.63, 3.8) is 0 Å². The molecule has 3 rings (SSSR count). The second-order valence-corrected chi connectivity index (χ2v) is 6.49. The highest BCUT2D eigenvalue weighted by atomic mass is 19.4. The molecular formula is C19H16F6N7+. The summed E-state index contributed by atoms with van der Waals surface area (Å²) in [5.41, 5.74) is 2.48. The number of fused-ring (bicyclic) bond motifs is 1. The van der Waals surface area contributed by atoms with Crippen LogP contribution >= 0.6 is 0 Å². The molecule has 1 aromatic carbocycles. The van der Waals surface area contributed by atoms with Gasteiger partial charge in [0.25, 0.3) is 0 Å². The maximum atomic E-state index is 13.5. The average molecular weight is 456 g/mol. The van der Waals surface area contributed by atoms with E-state index in [1.165, 1.54) is 13.1 Å². The number of aromatic nitrogens is 3. The monoisotopic (exact) mass is 456 g/mol. The highest BCUT2D eigenvalue weighted by Gasteiger charge is 2.38. The third-order valence-corrected chi connectivity index (χ3v) is 4.27. The fraction of sp³-hybridized carbons (Fsp3) is 0.211. The topological polar surface area (TPSA) is 103 Å². The number of H-pyrrole nitrogens is 1. The van der Waals surface area contributed by atoms with E-state index in [0.717, 1.165) is 18.6 Å². The van der Waals surface area contributed by atoms with Crippen molar-refractivity contribution in [1.82, 2.24) is 9.97 Å². The quantitative estimate of drug-likeness (QED) is 0.352. The van der Waals surface area contributed by atoms with Gasteiger partial charge in [-0.3, -0.25) is 0 Å². The van der Waals surface area contributed by atoms with Crippen LogP contribution in [0.15, 0.2) is 52.8 Å². The number of aromatic amines is 1. The Bertz CT molecular complexity index is 1160. The molecule has 3 aromatic rings. The molecule has 0 spiro atoms. The number of hydrogen-bond donors (Lipinski definition) is 2. The number of nitrogens with zero attached hydrogens (tertiary/aromatic N) is 4. The summed E-state index contributed by atoms with van der Waals surface area (Å²) in [5, 5.41) is 1.96. The van der Waals surface area contributed by atoms with Gasteiger partial charge in [-0.05, 0) is 30.5 Å². The molecule has 0 fully saturated rings. The van der Waals surface area contributed by atoms with Gasteiger partial charge < -0.3 is 11.1 Å². The van der Waals surface area contributed by atoms with Gasteiger partial charge in [-0.25, -0.2) is 15.0 Å². The summed E-state index contributed by atoms with van der Waals surface area (Å²) < 4.78 is 80.3. The van der Waals surface area contributed by atoms with Gasteiger partial charge in [0.05, 0.1) is 23.7 Å². The predicted octanol–water partition coefficient (Wildman–Crippen LogP) is 4.00. The van der Waals surface area contributed by atoms with E-state index in [1.54, 1.807) is 12.3 Å². The fourth-order valence-corrected chi connectivity index (χ4v) is 2.87. The SMILES string of the molecule is CC(Nc1nccc2c(C(F)(F)F)cc(C(F)(F)F)cc12)/C(N=CN)=N\c1nccc[nH+]1. The molecule has 0 aliphatic carbocycles. The average Bonchev–Trinajstić information content (AvgIpc) is 2.72. The second kappa shape index (κ2) is 8.77. The first kappa shape index (κ1) is 22.9. The molecule has 0 aliphatic rings. The Morgan fingerprint density at radius 2 is 1.84 bits per heavy atom. The molecule has 4 N–H and O–H groups in total. The van der Waals surface area contributed by atoms with Crippen LogP contribution in [0.4, 0.5) is 38.1 Å². The fourth-order valence-electron chi connectivity index (χ4n) is 2.87. The van der Waals surface area contributed by atoms with Crippen molar-refractivity contribution in [1.29, 1.82) is 0 Å².